The Morgan fingerprint density at radius 2 is 1.03 bits per heavy atom. The van der Waals surface area contributed by atoms with Crippen LogP contribution in [0.1, 0.15) is 112 Å². The van der Waals surface area contributed by atoms with E-state index in [4.69, 9.17) is 55.2 Å². The average Bonchev–Trinajstić information content (AvgIpc) is 1.65. The van der Waals surface area contributed by atoms with Gasteiger partial charge >= 0.3 is 0 Å². The summed E-state index contributed by atoms with van der Waals surface area (Å²) < 4.78 is 14.0. The molecule has 4 aliphatic rings. The zero-order valence-corrected chi connectivity index (χ0v) is 52.0. The van der Waals surface area contributed by atoms with Gasteiger partial charge in [0, 0.05) is 134 Å². The molecule has 95 heavy (non-hydrogen) atoms. The molecule has 0 spiro atoms. The second-order valence-corrected chi connectivity index (χ2v) is 25.5. The maximum atomic E-state index is 6.23. The highest BCUT2D eigenvalue weighted by atomic mass is 16.5. The molecule has 468 valence electrons. The van der Waals surface area contributed by atoms with E-state index >= 15 is 0 Å². The van der Waals surface area contributed by atoms with E-state index in [1.807, 2.05) is 98.1 Å². The maximum Gasteiger partial charge on any atom is 0.219 e. The van der Waals surface area contributed by atoms with Gasteiger partial charge in [-0.05, 0) is 127 Å². The van der Waals surface area contributed by atoms with E-state index in [1.54, 1.807) is 0 Å². The number of nitrogens with zero attached hydrogens (tertiary/aromatic N) is 15. The minimum Gasteiger partial charge on any atom is -0.471 e. The van der Waals surface area contributed by atoms with Gasteiger partial charge in [-0.1, -0.05) is 72.8 Å². The molecule has 0 unspecified atom stereocenters. The molecule has 18 rings (SSSR count). The first-order valence-electron chi connectivity index (χ1n) is 32.9. The van der Waals surface area contributed by atoms with Gasteiger partial charge in [-0.25, -0.2) is 14.6 Å². The zero-order valence-electron chi connectivity index (χ0n) is 52.0. The number of H-pyrrole nitrogens is 1. The van der Waals surface area contributed by atoms with Crippen molar-refractivity contribution in [3.05, 3.63) is 245 Å². The van der Waals surface area contributed by atoms with Crippen LogP contribution in [0.4, 0.5) is 17.5 Å². The Hall–Kier alpha value is -11.5. The van der Waals surface area contributed by atoms with Crippen LogP contribution in [0.2, 0.25) is 0 Å². The summed E-state index contributed by atoms with van der Waals surface area (Å²) in [5, 5.41) is 41.7. The fourth-order valence-corrected chi connectivity index (χ4v) is 12.8. The highest BCUT2D eigenvalue weighted by Gasteiger charge is 2.32. The normalized spacial score (nSPS) is 14.8. The quantitative estimate of drug-likeness (QED) is 0.0401. The number of hydrogen-bond donors (Lipinski definition) is 5. The standard InChI is InChI=1S/C74H66N20O/c1-2-27-76-62(5-1)52-13-6-45(7-14-52)36-80-69-33-66(87-73-59(50-19-20-50)43-84-93(69)73)61-41-82-89-67(61)30-48-12-25-63(78-38-48)53-15-8-46(9-16-53)35-79-68-32-65(86-72-58(49-17-18-49)42-83-92(68)72)57-4-3-28-77-64(57)31-54-26-29-91(90-54)55-23-10-47(11-24-55)37-81-70-34-71(95-56-39-75-40-56)88-74-60(51-21-22-51)44-85-94(70)74/h1-16,23-29,32-34,38,41-44,49-51,56,75,79-81H,17-22,30-31,35-37,39-40H2,(H,82,89). The molecule has 4 fully saturated rings. The lowest BCUT2D eigenvalue weighted by atomic mass is 10.0. The fourth-order valence-electron chi connectivity index (χ4n) is 12.8. The number of ether oxygens (including phenoxy) is 1. The van der Waals surface area contributed by atoms with Crippen molar-refractivity contribution >= 4 is 34.4 Å². The van der Waals surface area contributed by atoms with Crippen LogP contribution in [0.5, 0.6) is 5.88 Å². The Morgan fingerprint density at radius 1 is 0.474 bits per heavy atom. The van der Waals surface area contributed by atoms with E-state index < -0.39 is 0 Å². The molecule has 1 saturated heterocycles. The lowest BCUT2D eigenvalue weighted by Gasteiger charge is -2.27. The minimum absolute atomic E-state index is 0.131. The number of fused-ring (bicyclic) bond motifs is 3. The van der Waals surface area contributed by atoms with Gasteiger partial charge in [0.2, 0.25) is 5.88 Å². The molecule has 11 aromatic heterocycles. The van der Waals surface area contributed by atoms with Crippen LogP contribution >= 0.6 is 0 Å². The van der Waals surface area contributed by atoms with E-state index in [0.717, 1.165) is 163 Å². The SMILES string of the molecule is c1ccc(-c2ccc(CNc3cc(-c4c[nH]nc4Cc4ccc(-c5ccc(CNc6cc(-c7cccnc7Cc7ccn(-c8ccc(CNc9cc(OC%10CNC%10)nc%10c(C%11CC%11)cnn9%10)cc8)n7)nc7c(C8CC8)cnn67)cc5)nc4)nc4c(C5CC5)cnn34)cc2)nc1. The molecule has 12 heterocycles. The minimum atomic E-state index is 0.131. The van der Waals surface area contributed by atoms with Gasteiger partial charge in [0.1, 0.15) is 23.6 Å². The molecule has 0 bridgehead atoms. The molecule has 0 radical (unpaired) electrons. The third-order valence-corrected chi connectivity index (χ3v) is 18.7. The summed E-state index contributed by atoms with van der Waals surface area (Å²) >= 11 is 0. The molecule has 14 aromatic rings. The van der Waals surface area contributed by atoms with E-state index in [0.29, 0.717) is 56.1 Å². The maximum absolute atomic E-state index is 6.23. The third-order valence-electron chi connectivity index (χ3n) is 18.7. The van der Waals surface area contributed by atoms with Crippen molar-refractivity contribution in [3.63, 3.8) is 0 Å². The van der Waals surface area contributed by atoms with Gasteiger partial charge in [0.25, 0.3) is 0 Å². The van der Waals surface area contributed by atoms with Gasteiger partial charge in [0.15, 0.2) is 16.9 Å². The molecule has 21 nitrogen and oxygen atoms in total. The second kappa shape index (κ2) is 23.9. The lowest BCUT2D eigenvalue weighted by Crippen LogP contribution is -2.50. The summed E-state index contributed by atoms with van der Waals surface area (Å²) in [5.41, 5.74) is 21.8. The van der Waals surface area contributed by atoms with Gasteiger partial charge in [-0.2, -0.15) is 44.0 Å². The molecular weight excluding hydrogens is 1180 g/mol. The van der Waals surface area contributed by atoms with Crippen molar-refractivity contribution in [2.24, 2.45) is 0 Å². The van der Waals surface area contributed by atoms with Gasteiger partial charge in [0.05, 0.1) is 64.1 Å². The smallest absolute Gasteiger partial charge is 0.219 e. The number of aromatic nitrogens is 16. The van der Waals surface area contributed by atoms with Gasteiger partial charge in [-0.15, -0.1) is 0 Å². The van der Waals surface area contributed by atoms with Crippen molar-refractivity contribution in [1.29, 1.82) is 0 Å². The van der Waals surface area contributed by atoms with E-state index in [-0.39, 0.29) is 6.10 Å². The van der Waals surface area contributed by atoms with Crippen molar-refractivity contribution in [3.8, 4) is 56.6 Å². The molecule has 1 aliphatic heterocycles. The van der Waals surface area contributed by atoms with Crippen LogP contribution < -0.4 is 26.0 Å². The molecule has 3 saturated carbocycles. The Morgan fingerprint density at radius 3 is 1.59 bits per heavy atom. The molecule has 3 aliphatic carbocycles. The summed E-state index contributed by atoms with van der Waals surface area (Å²) in [6.07, 6.45) is 23.7. The van der Waals surface area contributed by atoms with Crippen molar-refractivity contribution in [2.75, 3.05) is 29.0 Å². The molecule has 0 atom stereocenters. The molecule has 5 N–H and O–H groups in total. The second-order valence-electron chi connectivity index (χ2n) is 25.5. The first-order chi connectivity index (χ1) is 47.0. The first-order valence-corrected chi connectivity index (χ1v) is 32.9. The van der Waals surface area contributed by atoms with Gasteiger partial charge in [-0.3, -0.25) is 20.1 Å². The largest absolute Gasteiger partial charge is 0.471 e. The number of hydrogen-bond acceptors (Lipinski definition) is 16. The zero-order chi connectivity index (χ0) is 62.8. The molecule has 21 heteroatoms. The monoisotopic (exact) mass is 1250 g/mol. The number of benzene rings is 3. The number of rotatable bonds is 23. The summed E-state index contributed by atoms with van der Waals surface area (Å²) in [7, 11) is 0. The Kier molecular flexibility index (Phi) is 14.2. The topological polar surface area (TPSA) is 233 Å². The summed E-state index contributed by atoms with van der Waals surface area (Å²) in [4.78, 5) is 29.9. The van der Waals surface area contributed by atoms with Gasteiger partial charge < -0.3 is 26.0 Å². The predicted molar refractivity (Wildman–Crippen MR) is 363 cm³/mol. The van der Waals surface area contributed by atoms with E-state index in [9.17, 15) is 0 Å². The summed E-state index contributed by atoms with van der Waals surface area (Å²) in [6.45, 7) is 3.45. The van der Waals surface area contributed by atoms with E-state index in [2.05, 4.69) is 141 Å². The van der Waals surface area contributed by atoms with Crippen LogP contribution in [0, 0.1) is 0 Å². The van der Waals surface area contributed by atoms with Crippen LogP contribution in [-0.2, 0) is 32.5 Å². The highest BCUT2D eigenvalue weighted by molar-refractivity contribution is 5.72. The predicted octanol–water partition coefficient (Wildman–Crippen LogP) is 12.6. The van der Waals surface area contributed by atoms with E-state index in [1.165, 1.54) is 29.5 Å². The molecule has 0 amide bonds. The highest BCUT2D eigenvalue weighted by Crippen LogP contribution is 2.45. The third kappa shape index (κ3) is 11.5. The number of aromatic amines is 1. The molecule has 3 aromatic carbocycles. The first kappa shape index (κ1) is 56.3. The number of nitrogens with one attached hydrogen (secondary N) is 5. The van der Waals surface area contributed by atoms with Crippen LogP contribution in [-0.4, -0.2) is 97.9 Å². The number of pyridine rings is 3. The van der Waals surface area contributed by atoms with Crippen LogP contribution in [0.15, 0.2) is 189 Å². The Bertz CT molecular complexity index is 5110. The van der Waals surface area contributed by atoms with Crippen molar-refractivity contribution in [2.45, 2.75) is 94.9 Å². The molecular formula is C74H66N20O. The Labute approximate surface area is 546 Å². The fraction of sp³-hybridized carbons (Fsp3) is 0.230. The van der Waals surface area contributed by atoms with Crippen LogP contribution in [0.3, 0.4) is 0 Å². The average molecular weight is 1250 g/mol. The summed E-state index contributed by atoms with van der Waals surface area (Å²) in [6, 6.07) is 48.1. The summed E-state index contributed by atoms with van der Waals surface area (Å²) in [5.74, 6) is 4.67. The number of anilines is 3. The lowest BCUT2D eigenvalue weighted by molar-refractivity contribution is 0.136. The van der Waals surface area contributed by atoms with Crippen molar-refractivity contribution in [1.82, 2.24) is 84.0 Å². The van der Waals surface area contributed by atoms with Crippen LogP contribution in [0.25, 0.3) is 67.7 Å². The van der Waals surface area contributed by atoms with Crippen molar-refractivity contribution < 1.29 is 4.74 Å². The Balaban J connectivity index is 0.534.